The van der Waals surface area contributed by atoms with E-state index in [-0.39, 0.29) is 37.0 Å². The molecule has 1 saturated heterocycles. The molecule has 28 heavy (non-hydrogen) atoms. The van der Waals surface area contributed by atoms with Gasteiger partial charge in [-0.15, -0.1) is 0 Å². The van der Waals surface area contributed by atoms with E-state index in [2.05, 4.69) is 9.71 Å². The monoisotopic (exact) mass is 406 g/mol. The number of amides is 1. The molecule has 1 atom stereocenters. The minimum absolute atomic E-state index is 0.128. The molecule has 3 rings (SSSR count). The summed E-state index contributed by atoms with van der Waals surface area (Å²) in [6, 6.07) is 5.26. The Morgan fingerprint density at radius 2 is 2.11 bits per heavy atom. The topological polar surface area (TPSA) is 101 Å². The van der Waals surface area contributed by atoms with Crippen molar-refractivity contribution in [3.8, 4) is 0 Å². The van der Waals surface area contributed by atoms with Gasteiger partial charge >= 0.3 is 0 Å². The van der Waals surface area contributed by atoms with E-state index in [1.807, 2.05) is 19.1 Å². The Morgan fingerprint density at radius 3 is 2.82 bits per heavy atom. The summed E-state index contributed by atoms with van der Waals surface area (Å²) >= 11 is 0. The fourth-order valence-corrected chi connectivity index (χ4v) is 5.15. The highest BCUT2D eigenvalue weighted by Crippen LogP contribution is 2.18. The fraction of sp³-hybridized carbons (Fsp3) is 0.526. The zero-order valence-corrected chi connectivity index (χ0v) is 17.2. The van der Waals surface area contributed by atoms with Gasteiger partial charge < -0.3 is 4.90 Å². The van der Waals surface area contributed by atoms with E-state index in [1.54, 1.807) is 24.8 Å². The van der Waals surface area contributed by atoms with Gasteiger partial charge in [0.05, 0.1) is 22.5 Å². The van der Waals surface area contributed by atoms with Gasteiger partial charge in [0.1, 0.15) is 0 Å². The first kappa shape index (κ1) is 20.5. The Labute approximate surface area is 164 Å². The number of sulfonamides is 1. The Kier molecular flexibility index (Phi) is 5.85. The maximum atomic E-state index is 12.6. The molecule has 1 aliphatic heterocycles. The van der Waals surface area contributed by atoms with Gasteiger partial charge in [0.25, 0.3) is 5.56 Å². The van der Waals surface area contributed by atoms with Crippen molar-refractivity contribution >= 4 is 26.8 Å². The zero-order valence-electron chi connectivity index (χ0n) is 16.4. The SMILES string of the molecule is Cc1cccc2c(=O)n(CCC(=O)N3CC[C@H](S(=O)(=O)NC(C)C)C3)cnc12. The highest BCUT2D eigenvalue weighted by atomic mass is 32.2. The molecule has 1 aliphatic rings. The predicted molar refractivity (Wildman–Crippen MR) is 108 cm³/mol. The number of hydrogen-bond donors (Lipinski definition) is 1. The molecule has 0 unspecified atom stereocenters. The van der Waals surface area contributed by atoms with Crippen LogP contribution < -0.4 is 10.3 Å². The molecule has 1 N–H and O–H groups in total. The van der Waals surface area contributed by atoms with Gasteiger partial charge in [0, 0.05) is 32.1 Å². The maximum Gasteiger partial charge on any atom is 0.261 e. The summed E-state index contributed by atoms with van der Waals surface area (Å²) in [4.78, 5) is 31.0. The van der Waals surface area contributed by atoms with Gasteiger partial charge in [-0.1, -0.05) is 12.1 Å². The lowest BCUT2D eigenvalue weighted by Crippen LogP contribution is -2.40. The van der Waals surface area contributed by atoms with Crippen LogP contribution in [-0.2, 0) is 21.4 Å². The number of aromatic nitrogens is 2. The molecule has 1 fully saturated rings. The zero-order chi connectivity index (χ0) is 20.5. The lowest BCUT2D eigenvalue weighted by Gasteiger charge is -2.18. The molecule has 0 spiro atoms. The van der Waals surface area contributed by atoms with Crippen LogP contribution in [0.25, 0.3) is 10.9 Å². The lowest BCUT2D eigenvalue weighted by molar-refractivity contribution is -0.130. The van der Waals surface area contributed by atoms with Gasteiger partial charge in [-0.25, -0.2) is 18.1 Å². The summed E-state index contributed by atoms with van der Waals surface area (Å²) in [6.07, 6.45) is 2.02. The van der Waals surface area contributed by atoms with Crippen molar-refractivity contribution in [3.05, 3.63) is 40.4 Å². The number of carbonyl (C=O) groups is 1. The second-order valence-corrected chi connectivity index (χ2v) is 9.52. The average Bonchev–Trinajstić information content (AvgIpc) is 3.12. The van der Waals surface area contributed by atoms with Crippen LogP contribution in [0.15, 0.2) is 29.3 Å². The van der Waals surface area contributed by atoms with Crippen molar-refractivity contribution in [1.29, 1.82) is 0 Å². The van der Waals surface area contributed by atoms with Crippen LogP contribution in [0.5, 0.6) is 0 Å². The number of nitrogens with one attached hydrogen (secondary N) is 1. The van der Waals surface area contributed by atoms with Crippen molar-refractivity contribution in [2.24, 2.45) is 0 Å². The standard InChI is InChI=1S/C19H26N4O4S/c1-13(2)21-28(26,27)15-7-9-22(11-15)17(24)8-10-23-12-20-18-14(3)5-4-6-16(18)19(23)25/h4-6,12-13,15,21H,7-11H2,1-3H3/t15-/m0/s1. The first-order valence-corrected chi connectivity index (χ1v) is 11.0. The molecule has 9 heteroatoms. The quantitative estimate of drug-likeness (QED) is 0.772. The summed E-state index contributed by atoms with van der Waals surface area (Å²) in [7, 11) is -3.44. The Morgan fingerprint density at radius 1 is 1.36 bits per heavy atom. The van der Waals surface area contributed by atoms with Crippen molar-refractivity contribution in [1.82, 2.24) is 19.2 Å². The number of likely N-dealkylation sites (tertiary alicyclic amines) is 1. The molecule has 1 aromatic heterocycles. The minimum atomic E-state index is -3.44. The number of nitrogens with zero attached hydrogens (tertiary/aromatic N) is 3. The summed E-state index contributed by atoms with van der Waals surface area (Å²) in [5, 5.41) is -0.0612. The number of carbonyl (C=O) groups excluding carboxylic acids is 1. The van der Waals surface area contributed by atoms with Gasteiger partial charge in [0.2, 0.25) is 15.9 Å². The normalized spacial score (nSPS) is 17.6. The Bertz CT molecular complexity index is 1050. The summed E-state index contributed by atoms with van der Waals surface area (Å²) in [5.74, 6) is -0.154. The van der Waals surface area contributed by atoms with Crippen LogP contribution in [0.1, 0.15) is 32.3 Å². The van der Waals surface area contributed by atoms with Gasteiger partial charge in [-0.2, -0.15) is 0 Å². The van der Waals surface area contributed by atoms with Gasteiger partial charge in [-0.3, -0.25) is 14.2 Å². The van der Waals surface area contributed by atoms with Crippen LogP contribution in [-0.4, -0.2) is 53.2 Å². The fourth-order valence-electron chi connectivity index (χ4n) is 3.50. The van der Waals surface area contributed by atoms with Gasteiger partial charge in [-0.05, 0) is 38.8 Å². The van der Waals surface area contributed by atoms with E-state index in [0.717, 1.165) is 5.56 Å². The third kappa shape index (κ3) is 4.25. The molecule has 0 radical (unpaired) electrons. The van der Waals surface area contributed by atoms with E-state index in [9.17, 15) is 18.0 Å². The summed E-state index contributed by atoms with van der Waals surface area (Å²) < 4.78 is 28.6. The summed E-state index contributed by atoms with van der Waals surface area (Å²) in [6.45, 7) is 6.25. The number of rotatable bonds is 6. The molecular weight excluding hydrogens is 380 g/mol. The molecule has 2 heterocycles. The number of aryl methyl sites for hydroxylation is 2. The molecule has 152 valence electrons. The van der Waals surface area contributed by atoms with Crippen LogP contribution in [0.4, 0.5) is 0 Å². The Hall–Kier alpha value is -2.26. The van der Waals surface area contributed by atoms with Crippen LogP contribution in [0, 0.1) is 6.92 Å². The molecule has 1 aromatic carbocycles. The number of hydrogen-bond acceptors (Lipinski definition) is 5. The largest absolute Gasteiger partial charge is 0.341 e. The van der Waals surface area contributed by atoms with E-state index >= 15 is 0 Å². The third-order valence-corrected chi connectivity index (χ3v) is 7.02. The highest BCUT2D eigenvalue weighted by molar-refractivity contribution is 7.90. The van der Waals surface area contributed by atoms with Crippen LogP contribution in [0.3, 0.4) is 0 Å². The smallest absolute Gasteiger partial charge is 0.261 e. The number of para-hydroxylation sites is 1. The van der Waals surface area contributed by atoms with Crippen LogP contribution in [0.2, 0.25) is 0 Å². The highest BCUT2D eigenvalue weighted by Gasteiger charge is 2.35. The van der Waals surface area contributed by atoms with E-state index in [0.29, 0.717) is 23.9 Å². The first-order valence-electron chi connectivity index (χ1n) is 9.42. The lowest BCUT2D eigenvalue weighted by atomic mass is 10.1. The second kappa shape index (κ2) is 8.00. The Balaban J connectivity index is 1.65. The van der Waals surface area contributed by atoms with Crippen molar-refractivity contribution in [2.75, 3.05) is 13.1 Å². The van der Waals surface area contributed by atoms with Crippen molar-refractivity contribution < 1.29 is 13.2 Å². The number of benzene rings is 1. The third-order valence-electron chi connectivity index (χ3n) is 4.96. The molecular formula is C19H26N4O4S. The first-order chi connectivity index (χ1) is 13.2. The van der Waals surface area contributed by atoms with E-state index in [1.165, 1.54) is 10.9 Å². The van der Waals surface area contributed by atoms with E-state index in [4.69, 9.17) is 0 Å². The molecule has 1 amide bonds. The number of fused-ring (bicyclic) bond motifs is 1. The van der Waals surface area contributed by atoms with Gasteiger partial charge in [0.15, 0.2) is 0 Å². The van der Waals surface area contributed by atoms with Crippen molar-refractivity contribution in [2.45, 2.75) is 51.4 Å². The molecule has 8 nitrogen and oxygen atoms in total. The molecule has 2 aromatic rings. The second-order valence-electron chi connectivity index (χ2n) is 7.53. The van der Waals surface area contributed by atoms with Crippen molar-refractivity contribution in [3.63, 3.8) is 0 Å². The molecule has 0 saturated carbocycles. The molecule has 0 aliphatic carbocycles. The minimum Gasteiger partial charge on any atom is -0.341 e. The maximum absolute atomic E-state index is 12.6. The predicted octanol–water partition coefficient (Wildman–Crippen LogP) is 1.02. The van der Waals surface area contributed by atoms with Crippen LogP contribution >= 0.6 is 0 Å². The van der Waals surface area contributed by atoms with E-state index < -0.39 is 15.3 Å². The average molecular weight is 407 g/mol. The molecule has 0 bridgehead atoms. The summed E-state index contributed by atoms with van der Waals surface area (Å²) in [5.41, 5.74) is 1.42.